The molecule has 1 aliphatic rings. The lowest BCUT2D eigenvalue weighted by Crippen LogP contribution is -2.32. The Morgan fingerprint density at radius 2 is 2.28 bits per heavy atom. The molecule has 4 heteroatoms. The zero-order chi connectivity index (χ0) is 13.1. The van der Waals surface area contributed by atoms with Gasteiger partial charge in [0.2, 0.25) is 0 Å². The molecule has 96 valence electrons. The van der Waals surface area contributed by atoms with E-state index in [1.165, 1.54) is 18.2 Å². The molecular formula is C14H18N2O2. The fraction of sp³-hybridized carbons (Fsp3) is 0.429. The van der Waals surface area contributed by atoms with Gasteiger partial charge in [0.25, 0.3) is 0 Å². The van der Waals surface area contributed by atoms with E-state index < -0.39 is 0 Å². The van der Waals surface area contributed by atoms with Gasteiger partial charge in [0.15, 0.2) is 0 Å². The number of aryl methyl sites for hydroxylation is 1. The van der Waals surface area contributed by atoms with Gasteiger partial charge < -0.3 is 9.74 Å². The SMILES string of the molecule is CCN1CC/C(=N/OC(C)=O)c2cc(C)ccc21. The van der Waals surface area contributed by atoms with Crippen LogP contribution in [0.25, 0.3) is 0 Å². The molecule has 1 aromatic rings. The van der Waals surface area contributed by atoms with E-state index in [-0.39, 0.29) is 5.97 Å². The first kappa shape index (κ1) is 12.6. The van der Waals surface area contributed by atoms with E-state index in [0.717, 1.165) is 30.8 Å². The first-order chi connectivity index (χ1) is 8.61. The first-order valence-corrected chi connectivity index (χ1v) is 6.22. The van der Waals surface area contributed by atoms with Gasteiger partial charge in [-0.25, -0.2) is 4.79 Å². The highest BCUT2D eigenvalue weighted by Crippen LogP contribution is 2.28. The summed E-state index contributed by atoms with van der Waals surface area (Å²) in [4.78, 5) is 17.9. The highest BCUT2D eigenvalue weighted by Gasteiger charge is 2.21. The Morgan fingerprint density at radius 1 is 1.50 bits per heavy atom. The van der Waals surface area contributed by atoms with Crippen LogP contribution in [0, 0.1) is 6.92 Å². The molecular weight excluding hydrogens is 228 g/mol. The van der Waals surface area contributed by atoms with Gasteiger partial charge in [0, 0.05) is 37.7 Å². The summed E-state index contributed by atoms with van der Waals surface area (Å²) in [6, 6.07) is 6.30. The van der Waals surface area contributed by atoms with Crippen LogP contribution in [0.2, 0.25) is 0 Å². The molecule has 1 heterocycles. The third-order valence-corrected chi connectivity index (χ3v) is 3.09. The lowest BCUT2D eigenvalue weighted by Gasteiger charge is -2.30. The average Bonchev–Trinajstić information content (AvgIpc) is 2.35. The second-order valence-electron chi connectivity index (χ2n) is 4.47. The van der Waals surface area contributed by atoms with Crippen molar-refractivity contribution in [3.05, 3.63) is 29.3 Å². The number of benzene rings is 1. The fourth-order valence-corrected chi connectivity index (χ4v) is 2.20. The second kappa shape index (κ2) is 5.21. The normalized spacial score (nSPS) is 16.6. The van der Waals surface area contributed by atoms with E-state index in [2.05, 4.69) is 42.1 Å². The molecule has 0 aliphatic carbocycles. The molecule has 0 bridgehead atoms. The molecule has 0 fully saturated rings. The summed E-state index contributed by atoms with van der Waals surface area (Å²) in [7, 11) is 0. The van der Waals surface area contributed by atoms with Crippen LogP contribution in [0.15, 0.2) is 23.4 Å². The van der Waals surface area contributed by atoms with Gasteiger partial charge >= 0.3 is 5.97 Å². The number of carbonyl (C=O) groups is 1. The van der Waals surface area contributed by atoms with Crippen LogP contribution in [0.3, 0.4) is 0 Å². The molecule has 0 aromatic heterocycles. The van der Waals surface area contributed by atoms with Crippen molar-refractivity contribution in [3.8, 4) is 0 Å². The monoisotopic (exact) mass is 246 g/mol. The van der Waals surface area contributed by atoms with Crippen molar-refractivity contribution < 1.29 is 9.63 Å². The molecule has 0 spiro atoms. The highest BCUT2D eigenvalue weighted by atomic mass is 16.7. The molecule has 1 aliphatic heterocycles. The molecule has 18 heavy (non-hydrogen) atoms. The Hall–Kier alpha value is -1.84. The topological polar surface area (TPSA) is 41.9 Å². The Balaban J connectivity index is 2.40. The number of anilines is 1. The summed E-state index contributed by atoms with van der Waals surface area (Å²) in [6.07, 6.45) is 0.803. The highest BCUT2D eigenvalue weighted by molar-refractivity contribution is 6.07. The Kier molecular flexibility index (Phi) is 3.65. The standard InChI is InChI=1S/C14H18N2O2/c1-4-16-8-7-13(15-18-11(3)17)12-9-10(2)5-6-14(12)16/h5-6,9H,4,7-8H2,1-3H3/b15-13-. The van der Waals surface area contributed by atoms with E-state index >= 15 is 0 Å². The smallest absolute Gasteiger partial charge is 0.331 e. The lowest BCUT2D eigenvalue weighted by atomic mass is 9.98. The number of rotatable bonds is 2. The first-order valence-electron chi connectivity index (χ1n) is 6.22. The number of carbonyl (C=O) groups excluding carboxylic acids is 1. The van der Waals surface area contributed by atoms with Crippen LogP contribution in [0.5, 0.6) is 0 Å². The van der Waals surface area contributed by atoms with Crippen molar-refractivity contribution in [2.24, 2.45) is 5.16 Å². The maximum atomic E-state index is 10.8. The Labute approximate surface area is 107 Å². The average molecular weight is 246 g/mol. The van der Waals surface area contributed by atoms with Gasteiger partial charge in [-0.3, -0.25) is 0 Å². The van der Waals surface area contributed by atoms with Crippen molar-refractivity contribution in [1.82, 2.24) is 0 Å². The summed E-state index contributed by atoms with van der Waals surface area (Å²) in [6.45, 7) is 7.43. The molecule has 0 amide bonds. The zero-order valence-electron chi connectivity index (χ0n) is 11.1. The fourth-order valence-electron chi connectivity index (χ4n) is 2.20. The van der Waals surface area contributed by atoms with E-state index in [1.54, 1.807) is 0 Å². The van der Waals surface area contributed by atoms with Crippen LogP contribution in [0.1, 0.15) is 31.4 Å². The van der Waals surface area contributed by atoms with Crippen LogP contribution in [-0.2, 0) is 9.63 Å². The molecule has 0 saturated heterocycles. The number of hydrogen-bond donors (Lipinski definition) is 0. The van der Waals surface area contributed by atoms with Crippen LogP contribution in [-0.4, -0.2) is 24.8 Å². The van der Waals surface area contributed by atoms with Crippen molar-refractivity contribution in [1.29, 1.82) is 0 Å². The molecule has 4 nitrogen and oxygen atoms in total. The van der Waals surface area contributed by atoms with E-state index in [0.29, 0.717) is 0 Å². The van der Waals surface area contributed by atoms with Crippen molar-refractivity contribution in [2.75, 3.05) is 18.0 Å². The number of oxime groups is 1. The van der Waals surface area contributed by atoms with Crippen LogP contribution < -0.4 is 4.90 Å². The van der Waals surface area contributed by atoms with E-state index in [9.17, 15) is 4.79 Å². The zero-order valence-corrected chi connectivity index (χ0v) is 11.1. The molecule has 0 radical (unpaired) electrons. The largest absolute Gasteiger partial charge is 0.371 e. The molecule has 2 rings (SSSR count). The summed E-state index contributed by atoms with van der Waals surface area (Å²) in [5.74, 6) is -0.380. The van der Waals surface area contributed by atoms with Crippen molar-refractivity contribution >= 4 is 17.4 Å². The maximum Gasteiger partial charge on any atom is 0.331 e. The number of hydrogen-bond acceptors (Lipinski definition) is 4. The third-order valence-electron chi connectivity index (χ3n) is 3.09. The minimum atomic E-state index is -0.380. The van der Waals surface area contributed by atoms with Gasteiger partial charge in [-0.15, -0.1) is 0 Å². The van der Waals surface area contributed by atoms with Gasteiger partial charge in [0.1, 0.15) is 0 Å². The predicted octanol–water partition coefficient (Wildman–Crippen LogP) is 2.49. The third kappa shape index (κ3) is 2.53. The maximum absolute atomic E-state index is 10.8. The molecule has 0 atom stereocenters. The molecule has 0 unspecified atom stereocenters. The van der Waals surface area contributed by atoms with Crippen molar-refractivity contribution in [2.45, 2.75) is 27.2 Å². The van der Waals surface area contributed by atoms with Crippen LogP contribution in [0.4, 0.5) is 5.69 Å². The van der Waals surface area contributed by atoms with Crippen LogP contribution >= 0.6 is 0 Å². The summed E-state index contributed by atoms with van der Waals surface area (Å²) in [5.41, 5.74) is 4.28. The summed E-state index contributed by atoms with van der Waals surface area (Å²) in [5, 5.41) is 3.97. The van der Waals surface area contributed by atoms with Crippen molar-refractivity contribution in [3.63, 3.8) is 0 Å². The van der Waals surface area contributed by atoms with Gasteiger partial charge in [-0.2, -0.15) is 0 Å². The minimum absolute atomic E-state index is 0.380. The number of fused-ring (bicyclic) bond motifs is 1. The molecule has 1 aromatic carbocycles. The van der Waals surface area contributed by atoms with Gasteiger partial charge in [0.05, 0.1) is 5.71 Å². The minimum Gasteiger partial charge on any atom is -0.371 e. The quantitative estimate of drug-likeness (QED) is 0.594. The number of nitrogens with zero attached hydrogens (tertiary/aromatic N) is 2. The van der Waals surface area contributed by atoms with E-state index in [1.807, 2.05) is 0 Å². The predicted molar refractivity (Wildman–Crippen MR) is 72.0 cm³/mol. The molecule has 0 N–H and O–H groups in total. The van der Waals surface area contributed by atoms with Gasteiger partial charge in [-0.1, -0.05) is 16.8 Å². The Bertz CT molecular complexity index is 495. The second-order valence-corrected chi connectivity index (χ2v) is 4.47. The Morgan fingerprint density at radius 3 is 2.94 bits per heavy atom. The molecule has 0 saturated carbocycles. The lowest BCUT2D eigenvalue weighted by molar-refractivity contribution is -0.140. The van der Waals surface area contributed by atoms with E-state index in [4.69, 9.17) is 4.84 Å². The summed E-state index contributed by atoms with van der Waals surface area (Å²) < 4.78 is 0. The summed E-state index contributed by atoms with van der Waals surface area (Å²) >= 11 is 0. The van der Waals surface area contributed by atoms with Gasteiger partial charge in [-0.05, 0) is 26.0 Å².